The summed E-state index contributed by atoms with van der Waals surface area (Å²) in [7, 11) is -6.77. The van der Waals surface area contributed by atoms with E-state index in [1.165, 1.54) is 66.0 Å². The fraction of sp³-hybridized carbons (Fsp3) is 0.310. The zero-order valence-electron chi connectivity index (χ0n) is 22.7. The minimum atomic E-state index is -4.11. The summed E-state index contributed by atoms with van der Waals surface area (Å²) in [4.78, 5) is -0.247. The summed E-state index contributed by atoms with van der Waals surface area (Å²) in [5, 5.41) is 9.83. The van der Waals surface area contributed by atoms with E-state index in [1.807, 2.05) is 0 Å². The predicted octanol–water partition coefficient (Wildman–Crippen LogP) is 3.45. The zero-order valence-corrected chi connectivity index (χ0v) is 24.3. The summed E-state index contributed by atoms with van der Waals surface area (Å²) in [6.45, 7) is 2.71. The lowest BCUT2D eigenvalue weighted by molar-refractivity contribution is 0.0904. The van der Waals surface area contributed by atoms with Crippen molar-refractivity contribution in [2.75, 3.05) is 26.7 Å². The number of hydrogen-bond acceptors (Lipinski definition) is 6. The van der Waals surface area contributed by atoms with Gasteiger partial charge >= 0.3 is 0 Å². The predicted molar refractivity (Wildman–Crippen MR) is 149 cm³/mol. The van der Waals surface area contributed by atoms with Crippen LogP contribution in [-0.2, 0) is 20.0 Å². The molecule has 12 heteroatoms. The van der Waals surface area contributed by atoms with Crippen molar-refractivity contribution in [2.45, 2.75) is 35.8 Å². The molecule has 0 radical (unpaired) electrons. The van der Waals surface area contributed by atoms with Crippen molar-refractivity contribution < 1.29 is 35.5 Å². The molecule has 0 bridgehead atoms. The van der Waals surface area contributed by atoms with Gasteiger partial charge in [0, 0.05) is 36.7 Å². The Morgan fingerprint density at radius 3 is 2.20 bits per heavy atom. The first kappa shape index (κ1) is 30.6. The van der Waals surface area contributed by atoms with Crippen LogP contribution in [0.5, 0.6) is 5.75 Å². The van der Waals surface area contributed by atoms with Crippen LogP contribution in [0.2, 0.25) is 0 Å². The van der Waals surface area contributed by atoms with Gasteiger partial charge in [0.05, 0.1) is 18.0 Å². The van der Waals surface area contributed by atoms with Gasteiger partial charge < -0.3 is 9.84 Å². The molecule has 0 saturated heterocycles. The monoisotopic (exact) mass is 604 g/mol. The number of benzene rings is 3. The van der Waals surface area contributed by atoms with Gasteiger partial charge in [-0.25, -0.2) is 25.6 Å². The number of halogens is 2. The minimum Gasteiger partial charge on any atom is -0.487 e. The number of aliphatic hydroxyl groups excluding tert-OH is 1. The van der Waals surface area contributed by atoms with Crippen molar-refractivity contribution in [2.24, 2.45) is 5.92 Å². The number of nitrogens with zero attached hydrogens (tertiary/aromatic N) is 2. The standard InChI is InChI=1S/C29H30F2N2O6S2/c1-20-17-33(21(2)19-34)41(37,38)29-15-8-23(5-4-22-6-9-24(30)10-7-22)16-27(29)39-28(20)18-32(3)40(35,36)26-13-11-25(31)12-14-26/h6-16,20-21,28,34H,17-19H2,1-3H3/t20-,21+,28+/m1/s1. The lowest BCUT2D eigenvalue weighted by Gasteiger charge is -2.37. The zero-order chi connectivity index (χ0) is 29.9. The van der Waals surface area contributed by atoms with E-state index in [0.717, 1.165) is 16.4 Å². The second-order valence-corrected chi connectivity index (χ2v) is 13.8. The van der Waals surface area contributed by atoms with Crippen LogP contribution >= 0.6 is 0 Å². The highest BCUT2D eigenvalue weighted by Crippen LogP contribution is 2.34. The molecule has 1 aliphatic heterocycles. The summed E-state index contributed by atoms with van der Waals surface area (Å²) < 4.78 is 88.9. The Kier molecular flexibility index (Phi) is 9.16. The largest absolute Gasteiger partial charge is 0.487 e. The summed E-state index contributed by atoms with van der Waals surface area (Å²) in [5.74, 6) is 4.32. The molecule has 8 nitrogen and oxygen atoms in total. The van der Waals surface area contributed by atoms with Crippen molar-refractivity contribution in [3.63, 3.8) is 0 Å². The van der Waals surface area contributed by atoms with Crippen LogP contribution in [0.4, 0.5) is 8.78 Å². The first-order valence-electron chi connectivity index (χ1n) is 12.8. The quantitative estimate of drug-likeness (QED) is 0.433. The lowest BCUT2D eigenvalue weighted by atomic mass is 10.0. The maximum atomic E-state index is 13.7. The topological polar surface area (TPSA) is 104 Å². The van der Waals surface area contributed by atoms with Crippen LogP contribution in [-0.4, -0.2) is 69.4 Å². The summed E-state index contributed by atoms with van der Waals surface area (Å²) in [6, 6.07) is 13.6. The molecule has 4 rings (SSSR count). The fourth-order valence-corrected chi connectivity index (χ4v) is 7.35. The van der Waals surface area contributed by atoms with Gasteiger partial charge in [0.25, 0.3) is 0 Å². The third-order valence-electron chi connectivity index (χ3n) is 6.82. The number of aliphatic hydroxyl groups is 1. The van der Waals surface area contributed by atoms with Gasteiger partial charge in [-0.15, -0.1) is 0 Å². The van der Waals surface area contributed by atoms with E-state index in [2.05, 4.69) is 11.8 Å². The summed E-state index contributed by atoms with van der Waals surface area (Å²) in [5.41, 5.74) is 0.970. The Bertz CT molecular complexity index is 1670. The molecule has 218 valence electrons. The van der Waals surface area contributed by atoms with Crippen molar-refractivity contribution in [3.05, 3.63) is 89.5 Å². The molecule has 41 heavy (non-hydrogen) atoms. The Morgan fingerprint density at radius 1 is 1.02 bits per heavy atom. The number of likely N-dealkylation sites (N-methyl/N-ethyl adjacent to an activating group) is 1. The van der Waals surface area contributed by atoms with Gasteiger partial charge in [-0.3, -0.25) is 0 Å². The van der Waals surface area contributed by atoms with Gasteiger partial charge in [0.2, 0.25) is 20.0 Å². The first-order valence-corrected chi connectivity index (χ1v) is 15.6. The van der Waals surface area contributed by atoms with Gasteiger partial charge in [0.15, 0.2) is 0 Å². The van der Waals surface area contributed by atoms with Crippen molar-refractivity contribution in [3.8, 4) is 17.6 Å². The summed E-state index contributed by atoms with van der Waals surface area (Å²) >= 11 is 0. The van der Waals surface area contributed by atoms with Gasteiger partial charge in [0.1, 0.15) is 28.4 Å². The van der Waals surface area contributed by atoms with Crippen molar-refractivity contribution in [1.29, 1.82) is 0 Å². The van der Waals surface area contributed by atoms with Crippen molar-refractivity contribution >= 4 is 20.0 Å². The number of fused-ring (bicyclic) bond motifs is 1. The molecule has 1 aliphatic rings. The average molecular weight is 605 g/mol. The molecule has 1 heterocycles. The maximum Gasteiger partial charge on any atom is 0.247 e. The van der Waals surface area contributed by atoms with Crippen LogP contribution < -0.4 is 4.74 Å². The van der Waals surface area contributed by atoms with E-state index >= 15 is 0 Å². The van der Waals surface area contributed by atoms with E-state index in [-0.39, 0.29) is 28.6 Å². The summed E-state index contributed by atoms with van der Waals surface area (Å²) in [6.07, 6.45) is -0.807. The van der Waals surface area contributed by atoms with E-state index in [0.29, 0.717) is 11.1 Å². The normalized spacial score (nSPS) is 19.7. The van der Waals surface area contributed by atoms with E-state index in [1.54, 1.807) is 13.8 Å². The molecule has 3 aromatic carbocycles. The second kappa shape index (κ2) is 12.3. The van der Waals surface area contributed by atoms with Crippen LogP contribution in [0.3, 0.4) is 0 Å². The number of rotatable bonds is 6. The van der Waals surface area contributed by atoms with Crippen molar-refractivity contribution in [1.82, 2.24) is 8.61 Å². The molecule has 0 aromatic heterocycles. The smallest absolute Gasteiger partial charge is 0.247 e. The Labute approximate surface area is 239 Å². The molecule has 0 unspecified atom stereocenters. The number of ether oxygens (including phenoxy) is 1. The fourth-order valence-electron chi connectivity index (χ4n) is 4.34. The second-order valence-electron chi connectivity index (χ2n) is 9.90. The van der Waals surface area contributed by atoms with Gasteiger partial charge in [-0.2, -0.15) is 8.61 Å². The van der Waals surface area contributed by atoms with E-state index < -0.39 is 56.4 Å². The SMILES string of the molecule is C[C@@H]1CN([C@@H](C)CO)S(=O)(=O)c2ccc(C#Cc3ccc(F)cc3)cc2O[C@H]1CN(C)S(=O)(=O)c1ccc(F)cc1. The molecule has 0 fully saturated rings. The Hall–Kier alpha value is -3.34. The molecular weight excluding hydrogens is 574 g/mol. The van der Waals surface area contributed by atoms with Crippen LogP contribution in [0.1, 0.15) is 25.0 Å². The first-order chi connectivity index (χ1) is 19.3. The highest BCUT2D eigenvalue weighted by molar-refractivity contribution is 7.89. The molecular formula is C29H30F2N2O6S2. The van der Waals surface area contributed by atoms with Crippen LogP contribution in [0.15, 0.2) is 76.5 Å². The maximum absolute atomic E-state index is 13.7. The molecule has 0 amide bonds. The third-order valence-corrected chi connectivity index (χ3v) is 10.7. The van der Waals surface area contributed by atoms with E-state index in [9.17, 15) is 30.7 Å². The molecule has 0 saturated carbocycles. The molecule has 3 aromatic rings. The highest BCUT2D eigenvalue weighted by atomic mass is 32.2. The molecule has 0 aliphatic carbocycles. The Balaban J connectivity index is 1.74. The third kappa shape index (κ3) is 6.77. The average Bonchev–Trinajstić information content (AvgIpc) is 2.94. The molecule has 1 N–H and O–H groups in total. The van der Waals surface area contributed by atoms with E-state index in [4.69, 9.17) is 4.74 Å². The number of hydrogen-bond donors (Lipinski definition) is 1. The van der Waals surface area contributed by atoms with Crippen LogP contribution in [0, 0.1) is 29.4 Å². The van der Waals surface area contributed by atoms with Crippen LogP contribution in [0.25, 0.3) is 0 Å². The Morgan fingerprint density at radius 2 is 1.59 bits per heavy atom. The molecule has 3 atom stereocenters. The number of sulfonamides is 2. The molecule has 0 spiro atoms. The van der Waals surface area contributed by atoms with Gasteiger partial charge in [-0.05, 0) is 73.7 Å². The van der Waals surface area contributed by atoms with Gasteiger partial charge in [-0.1, -0.05) is 18.8 Å². The minimum absolute atomic E-state index is 0.0184. The highest BCUT2D eigenvalue weighted by Gasteiger charge is 2.39. The lowest BCUT2D eigenvalue weighted by Crippen LogP contribution is -2.50.